The Bertz CT molecular complexity index is 652. The molecule has 0 N–H and O–H groups in total. The van der Waals surface area contributed by atoms with E-state index in [1.165, 1.54) is 12.1 Å². The molecule has 2 rings (SSSR count). The van der Waals surface area contributed by atoms with Gasteiger partial charge in [-0.3, -0.25) is 14.9 Å². The lowest BCUT2D eigenvalue weighted by Crippen LogP contribution is -2.06. The molecule has 23 heavy (non-hydrogen) atoms. The highest BCUT2D eigenvalue weighted by Gasteiger charge is 2.24. The van der Waals surface area contributed by atoms with Gasteiger partial charge in [0.1, 0.15) is 24.5 Å². The Morgan fingerprint density at radius 3 is 2.39 bits per heavy atom. The summed E-state index contributed by atoms with van der Waals surface area (Å²) in [7, 11) is 0. The largest absolute Gasteiger partial charge is 0.461 e. The summed E-state index contributed by atoms with van der Waals surface area (Å²) in [6.45, 7) is 4.20. The summed E-state index contributed by atoms with van der Waals surface area (Å²) in [5.74, 6) is 0.148. The second-order valence-electron chi connectivity index (χ2n) is 4.64. The van der Waals surface area contributed by atoms with Gasteiger partial charge in [-0.15, -0.1) is 0 Å². The van der Waals surface area contributed by atoms with E-state index in [0.717, 1.165) is 0 Å². The zero-order valence-corrected chi connectivity index (χ0v) is 12.9. The number of allylic oxidation sites excluding steroid dienone is 2. The third-order valence-corrected chi connectivity index (χ3v) is 3.14. The fraction of sp³-hybridized carbons (Fsp3) is 0.312. The number of nitro groups is 1. The predicted molar refractivity (Wildman–Crippen MR) is 82.1 cm³/mol. The zero-order chi connectivity index (χ0) is 16.8. The number of non-ortho nitro benzene ring substituents is 1. The molecular weight excluding hydrogens is 302 g/mol. The monoisotopic (exact) mass is 319 g/mol. The standard InChI is InChI=1S/C16H17NO6/c1-3-13(23-14(18)4-2)15(16-21-9-10-22-16)11-5-7-12(8-6-11)17(19)20/h3,5-8H,4,9-10H2,1-2H3/b13-3-. The summed E-state index contributed by atoms with van der Waals surface area (Å²) >= 11 is 0. The highest BCUT2D eigenvalue weighted by molar-refractivity contribution is 5.82. The first-order valence-corrected chi connectivity index (χ1v) is 7.18. The number of carbonyl (C=O) groups is 1. The van der Waals surface area contributed by atoms with Gasteiger partial charge < -0.3 is 14.2 Å². The SMILES string of the molecule is C/C=C(\OC(=O)CC)C(=C1OCCO1)c1ccc([N+](=O)[O-])cc1. The minimum Gasteiger partial charge on any atom is -0.461 e. The van der Waals surface area contributed by atoms with Crippen LogP contribution < -0.4 is 0 Å². The third kappa shape index (κ3) is 3.88. The molecule has 1 saturated heterocycles. The first-order chi connectivity index (χ1) is 11.1. The molecule has 0 radical (unpaired) electrons. The number of ether oxygens (including phenoxy) is 3. The minimum atomic E-state index is -0.479. The van der Waals surface area contributed by atoms with Crippen LogP contribution in [0.1, 0.15) is 25.8 Å². The molecule has 0 bridgehead atoms. The van der Waals surface area contributed by atoms with Crippen molar-refractivity contribution in [3.05, 3.63) is 57.7 Å². The molecule has 0 saturated carbocycles. The minimum absolute atomic E-state index is 0.0288. The Balaban J connectivity index is 2.44. The third-order valence-electron chi connectivity index (χ3n) is 3.14. The Kier molecular flexibility index (Phi) is 5.35. The number of benzene rings is 1. The van der Waals surface area contributed by atoms with Gasteiger partial charge in [0.25, 0.3) is 11.6 Å². The maximum Gasteiger partial charge on any atom is 0.310 e. The molecule has 1 aliphatic heterocycles. The van der Waals surface area contributed by atoms with E-state index in [1.807, 2.05) is 0 Å². The van der Waals surface area contributed by atoms with Crippen molar-refractivity contribution in [2.75, 3.05) is 13.2 Å². The van der Waals surface area contributed by atoms with Crippen LogP contribution in [0.4, 0.5) is 5.69 Å². The number of hydrogen-bond acceptors (Lipinski definition) is 6. The van der Waals surface area contributed by atoms with E-state index in [4.69, 9.17) is 14.2 Å². The number of nitrogens with zero attached hydrogens (tertiary/aromatic N) is 1. The van der Waals surface area contributed by atoms with Crippen molar-refractivity contribution in [3.63, 3.8) is 0 Å². The van der Waals surface area contributed by atoms with E-state index in [2.05, 4.69) is 0 Å². The van der Waals surface area contributed by atoms with Crippen molar-refractivity contribution in [3.8, 4) is 0 Å². The van der Waals surface area contributed by atoms with Crippen molar-refractivity contribution in [1.82, 2.24) is 0 Å². The first kappa shape index (κ1) is 16.5. The average molecular weight is 319 g/mol. The van der Waals surface area contributed by atoms with Crippen molar-refractivity contribution < 1.29 is 23.9 Å². The van der Waals surface area contributed by atoms with Gasteiger partial charge in [0.15, 0.2) is 0 Å². The van der Waals surface area contributed by atoms with Crippen molar-refractivity contribution >= 4 is 17.2 Å². The maximum atomic E-state index is 11.6. The van der Waals surface area contributed by atoms with Crippen molar-refractivity contribution in [2.45, 2.75) is 20.3 Å². The smallest absolute Gasteiger partial charge is 0.310 e. The van der Waals surface area contributed by atoms with Gasteiger partial charge in [0, 0.05) is 18.6 Å². The topological polar surface area (TPSA) is 87.9 Å². The van der Waals surface area contributed by atoms with Gasteiger partial charge in [0.05, 0.1) is 4.92 Å². The highest BCUT2D eigenvalue weighted by atomic mass is 16.7. The van der Waals surface area contributed by atoms with Crippen LogP contribution in [0.15, 0.2) is 42.0 Å². The van der Waals surface area contributed by atoms with Crippen LogP contribution in [-0.2, 0) is 19.0 Å². The molecule has 1 fully saturated rings. The summed E-state index contributed by atoms with van der Waals surface area (Å²) < 4.78 is 16.2. The molecule has 0 spiro atoms. The summed E-state index contributed by atoms with van der Waals surface area (Å²) in [5.41, 5.74) is 1.03. The first-order valence-electron chi connectivity index (χ1n) is 7.18. The number of hydrogen-bond donors (Lipinski definition) is 0. The molecule has 0 unspecified atom stereocenters. The summed E-state index contributed by atoms with van der Waals surface area (Å²) in [4.78, 5) is 21.9. The van der Waals surface area contributed by atoms with Gasteiger partial charge in [-0.2, -0.15) is 0 Å². The van der Waals surface area contributed by atoms with E-state index in [0.29, 0.717) is 30.1 Å². The fourth-order valence-corrected chi connectivity index (χ4v) is 2.01. The van der Waals surface area contributed by atoms with Crippen LogP contribution >= 0.6 is 0 Å². The van der Waals surface area contributed by atoms with Crippen LogP contribution in [0, 0.1) is 10.1 Å². The Morgan fingerprint density at radius 2 is 1.91 bits per heavy atom. The molecule has 0 amide bonds. The van der Waals surface area contributed by atoms with Crippen LogP contribution in [0.3, 0.4) is 0 Å². The van der Waals surface area contributed by atoms with Crippen molar-refractivity contribution in [2.24, 2.45) is 0 Å². The summed E-state index contributed by atoms with van der Waals surface area (Å²) in [6, 6.07) is 5.88. The van der Waals surface area contributed by atoms with Gasteiger partial charge in [-0.05, 0) is 30.7 Å². The number of carbonyl (C=O) groups excluding carboxylic acids is 1. The molecule has 7 heteroatoms. The Labute approximate surface area is 133 Å². The van der Waals surface area contributed by atoms with Crippen LogP contribution in [0.5, 0.6) is 0 Å². The lowest BCUT2D eigenvalue weighted by molar-refractivity contribution is -0.384. The molecule has 7 nitrogen and oxygen atoms in total. The van der Waals surface area contributed by atoms with Gasteiger partial charge in [-0.1, -0.05) is 6.92 Å². The van der Waals surface area contributed by atoms with Crippen LogP contribution in [0.2, 0.25) is 0 Å². The lowest BCUT2D eigenvalue weighted by atomic mass is 10.0. The molecule has 0 atom stereocenters. The number of nitro benzene ring substituents is 1. The molecule has 1 aliphatic rings. The second-order valence-corrected chi connectivity index (χ2v) is 4.64. The van der Waals surface area contributed by atoms with E-state index < -0.39 is 10.9 Å². The molecule has 1 heterocycles. The highest BCUT2D eigenvalue weighted by Crippen LogP contribution is 2.32. The normalized spacial score (nSPS) is 14.0. The van der Waals surface area contributed by atoms with E-state index in [9.17, 15) is 14.9 Å². The molecule has 0 aliphatic carbocycles. The van der Waals surface area contributed by atoms with Gasteiger partial charge >= 0.3 is 5.97 Å². The zero-order valence-electron chi connectivity index (χ0n) is 12.9. The van der Waals surface area contributed by atoms with Crippen LogP contribution in [-0.4, -0.2) is 24.1 Å². The molecule has 0 aromatic heterocycles. The quantitative estimate of drug-likeness (QED) is 0.358. The van der Waals surface area contributed by atoms with E-state index >= 15 is 0 Å². The summed E-state index contributed by atoms with van der Waals surface area (Å²) in [6.07, 6.45) is 1.85. The number of rotatable bonds is 5. The second kappa shape index (κ2) is 7.44. The van der Waals surface area contributed by atoms with Gasteiger partial charge in [-0.25, -0.2) is 0 Å². The number of esters is 1. The lowest BCUT2D eigenvalue weighted by Gasteiger charge is -2.14. The van der Waals surface area contributed by atoms with E-state index in [-0.39, 0.29) is 18.1 Å². The maximum absolute atomic E-state index is 11.6. The van der Waals surface area contributed by atoms with Gasteiger partial charge in [0.2, 0.25) is 0 Å². The van der Waals surface area contributed by atoms with Crippen molar-refractivity contribution in [1.29, 1.82) is 0 Å². The fourth-order valence-electron chi connectivity index (χ4n) is 2.01. The van der Waals surface area contributed by atoms with E-state index in [1.54, 1.807) is 32.1 Å². The molecule has 1 aromatic rings. The Morgan fingerprint density at radius 1 is 1.30 bits per heavy atom. The van der Waals surface area contributed by atoms with Crippen LogP contribution in [0.25, 0.3) is 5.57 Å². The summed E-state index contributed by atoms with van der Waals surface area (Å²) in [5, 5.41) is 10.8. The molecule has 1 aromatic carbocycles. The molecule has 122 valence electrons. The predicted octanol–water partition coefficient (Wildman–Crippen LogP) is 3.17. The Hall–Kier alpha value is -2.83. The average Bonchev–Trinajstić information content (AvgIpc) is 3.08. The molecular formula is C16H17NO6.